The van der Waals surface area contributed by atoms with E-state index in [0.717, 1.165) is 5.56 Å². The number of carbonyl (C=O) groups excluding carboxylic acids is 2. The van der Waals surface area contributed by atoms with Crippen LogP contribution in [0, 0.1) is 6.92 Å². The summed E-state index contributed by atoms with van der Waals surface area (Å²) >= 11 is 5.88. The maximum absolute atomic E-state index is 12.5. The van der Waals surface area contributed by atoms with Crippen molar-refractivity contribution in [3.05, 3.63) is 74.8 Å². The summed E-state index contributed by atoms with van der Waals surface area (Å²) in [5.74, 6) is -0.915. The Morgan fingerprint density at radius 2 is 2.04 bits per heavy atom. The molecule has 0 atom stereocenters. The van der Waals surface area contributed by atoms with E-state index in [9.17, 15) is 14.4 Å². The molecule has 0 aliphatic heterocycles. The SMILES string of the molecule is CC(=O)Nc1c(C)cccc1C(=O)OCc1cc(=O)n2cc(Cl)ccc2n1. The molecular formula is C19H16ClN3O4. The van der Waals surface area contributed by atoms with Crippen molar-refractivity contribution in [2.45, 2.75) is 20.5 Å². The lowest BCUT2D eigenvalue weighted by atomic mass is 10.1. The number of carbonyl (C=O) groups is 2. The second-order valence-corrected chi connectivity index (χ2v) is 6.35. The quantitative estimate of drug-likeness (QED) is 0.697. The number of halogens is 1. The van der Waals surface area contributed by atoms with Crippen LogP contribution in [0.4, 0.5) is 5.69 Å². The van der Waals surface area contributed by atoms with Gasteiger partial charge in [0.2, 0.25) is 5.91 Å². The summed E-state index contributed by atoms with van der Waals surface area (Å²) in [6, 6.07) is 9.53. The molecule has 0 radical (unpaired) electrons. The molecule has 7 nitrogen and oxygen atoms in total. The Balaban J connectivity index is 1.83. The van der Waals surface area contributed by atoms with Crippen LogP contribution in [0.2, 0.25) is 5.02 Å². The zero-order valence-corrected chi connectivity index (χ0v) is 15.4. The highest BCUT2D eigenvalue weighted by Gasteiger charge is 2.16. The standard InChI is InChI=1S/C19H16ClN3O4/c1-11-4-3-5-15(18(11)21-12(2)24)19(26)27-10-14-8-17(25)23-9-13(20)6-7-16(23)22-14/h3-9H,10H2,1-2H3,(H,21,24). The summed E-state index contributed by atoms with van der Waals surface area (Å²) < 4.78 is 6.60. The molecule has 2 aromatic heterocycles. The smallest absolute Gasteiger partial charge is 0.340 e. The van der Waals surface area contributed by atoms with Crippen LogP contribution < -0.4 is 10.9 Å². The summed E-state index contributed by atoms with van der Waals surface area (Å²) in [4.78, 5) is 40.3. The number of anilines is 1. The number of amides is 1. The fraction of sp³-hybridized carbons (Fsp3) is 0.158. The molecule has 1 aromatic carbocycles. The number of hydrogen-bond donors (Lipinski definition) is 1. The van der Waals surface area contributed by atoms with Crippen molar-refractivity contribution in [3.63, 3.8) is 0 Å². The van der Waals surface area contributed by atoms with E-state index >= 15 is 0 Å². The number of rotatable bonds is 4. The lowest BCUT2D eigenvalue weighted by molar-refractivity contribution is -0.114. The molecule has 0 saturated heterocycles. The van der Waals surface area contributed by atoms with Gasteiger partial charge in [0.1, 0.15) is 12.3 Å². The Bertz CT molecular complexity index is 1110. The van der Waals surface area contributed by atoms with E-state index < -0.39 is 5.97 Å². The van der Waals surface area contributed by atoms with Crippen molar-refractivity contribution < 1.29 is 14.3 Å². The van der Waals surface area contributed by atoms with Gasteiger partial charge < -0.3 is 10.1 Å². The Labute approximate surface area is 159 Å². The maximum atomic E-state index is 12.5. The van der Waals surface area contributed by atoms with E-state index in [1.54, 1.807) is 37.3 Å². The highest BCUT2D eigenvalue weighted by atomic mass is 35.5. The number of para-hydroxylation sites is 1. The zero-order valence-electron chi connectivity index (χ0n) is 14.7. The first-order valence-electron chi connectivity index (χ1n) is 8.07. The number of pyridine rings is 1. The van der Waals surface area contributed by atoms with Gasteiger partial charge in [-0.1, -0.05) is 23.7 Å². The third-order valence-corrected chi connectivity index (χ3v) is 4.05. The van der Waals surface area contributed by atoms with Gasteiger partial charge in [0.25, 0.3) is 5.56 Å². The molecule has 0 saturated carbocycles. The monoisotopic (exact) mass is 385 g/mol. The molecule has 0 spiro atoms. The van der Waals surface area contributed by atoms with Gasteiger partial charge >= 0.3 is 5.97 Å². The molecular weight excluding hydrogens is 370 g/mol. The largest absolute Gasteiger partial charge is 0.456 e. The number of aromatic nitrogens is 2. The Hall–Kier alpha value is -3.19. The lowest BCUT2D eigenvalue weighted by Gasteiger charge is -2.12. The van der Waals surface area contributed by atoms with Crippen molar-refractivity contribution in [1.82, 2.24) is 9.38 Å². The van der Waals surface area contributed by atoms with E-state index in [1.165, 1.54) is 23.6 Å². The van der Waals surface area contributed by atoms with Crippen LogP contribution in [-0.2, 0) is 16.1 Å². The van der Waals surface area contributed by atoms with Crippen molar-refractivity contribution >= 4 is 34.8 Å². The molecule has 0 bridgehead atoms. The highest BCUT2D eigenvalue weighted by Crippen LogP contribution is 2.22. The van der Waals surface area contributed by atoms with Crippen LogP contribution in [0.25, 0.3) is 5.65 Å². The molecule has 0 unspecified atom stereocenters. The highest BCUT2D eigenvalue weighted by molar-refractivity contribution is 6.30. The molecule has 8 heteroatoms. The minimum absolute atomic E-state index is 0.180. The summed E-state index contributed by atoms with van der Waals surface area (Å²) in [5, 5.41) is 3.05. The van der Waals surface area contributed by atoms with Gasteiger partial charge in [0, 0.05) is 19.2 Å². The molecule has 3 aromatic rings. The van der Waals surface area contributed by atoms with Gasteiger partial charge in [0.15, 0.2) is 0 Å². The van der Waals surface area contributed by atoms with Gasteiger partial charge in [-0.2, -0.15) is 0 Å². The van der Waals surface area contributed by atoms with Crippen LogP contribution in [-0.4, -0.2) is 21.3 Å². The van der Waals surface area contributed by atoms with Crippen LogP contribution in [0.15, 0.2) is 47.4 Å². The average Bonchev–Trinajstić information content (AvgIpc) is 2.61. The van der Waals surface area contributed by atoms with Crippen molar-refractivity contribution in [2.24, 2.45) is 0 Å². The number of aryl methyl sites for hydroxylation is 1. The summed E-state index contributed by atoms with van der Waals surface area (Å²) in [6.07, 6.45) is 1.47. The maximum Gasteiger partial charge on any atom is 0.340 e. The number of nitrogens with one attached hydrogen (secondary N) is 1. The number of benzene rings is 1. The normalized spacial score (nSPS) is 10.6. The van der Waals surface area contributed by atoms with Gasteiger partial charge in [-0.15, -0.1) is 0 Å². The first-order valence-corrected chi connectivity index (χ1v) is 8.45. The van der Waals surface area contributed by atoms with Crippen LogP contribution in [0.3, 0.4) is 0 Å². The topological polar surface area (TPSA) is 89.8 Å². The number of nitrogens with zero attached hydrogens (tertiary/aromatic N) is 2. The summed E-state index contributed by atoms with van der Waals surface area (Å²) in [5.41, 5.74) is 1.74. The number of hydrogen-bond acceptors (Lipinski definition) is 5. The Kier molecular flexibility index (Phi) is 5.23. The molecule has 1 amide bonds. The third kappa shape index (κ3) is 4.15. The first kappa shape index (κ1) is 18.6. The Morgan fingerprint density at radius 3 is 2.78 bits per heavy atom. The van der Waals surface area contributed by atoms with E-state index in [2.05, 4.69) is 10.3 Å². The summed E-state index contributed by atoms with van der Waals surface area (Å²) in [7, 11) is 0. The van der Waals surface area contributed by atoms with Crippen molar-refractivity contribution in [3.8, 4) is 0 Å². The first-order chi connectivity index (χ1) is 12.8. The van der Waals surface area contributed by atoms with Crippen LogP contribution in [0.1, 0.15) is 28.5 Å². The zero-order chi connectivity index (χ0) is 19.6. The predicted molar refractivity (Wildman–Crippen MR) is 101 cm³/mol. The molecule has 27 heavy (non-hydrogen) atoms. The van der Waals surface area contributed by atoms with E-state index in [-0.39, 0.29) is 23.6 Å². The van der Waals surface area contributed by atoms with E-state index in [1.807, 2.05) is 0 Å². The minimum atomic E-state index is -0.624. The molecule has 0 aliphatic rings. The van der Waals surface area contributed by atoms with Gasteiger partial charge in [-0.05, 0) is 30.7 Å². The molecule has 0 aliphatic carbocycles. The van der Waals surface area contributed by atoms with Gasteiger partial charge in [0.05, 0.1) is 22.0 Å². The van der Waals surface area contributed by atoms with Crippen molar-refractivity contribution in [1.29, 1.82) is 0 Å². The second-order valence-electron chi connectivity index (χ2n) is 5.92. The van der Waals surface area contributed by atoms with E-state index in [4.69, 9.17) is 16.3 Å². The minimum Gasteiger partial charge on any atom is -0.456 e. The second kappa shape index (κ2) is 7.59. The molecule has 0 fully saturated rings. The number of fused-ring (bicyclic) bond motifs is 1. The lowest BCUT2D eigenvalue weighted by Crippen LogP contribution is -2.17. The molecule has 2 heterocycles. The summed E-state index contributed by atoms with van der Waals surface area (Å²) in [6.45, 7) is 2.96. The fourth-order valence-electron chi connectivity index (χ4n) is 2.60. The average molecular weight is 386 g/mol. The molecule has 3 rings (SSSR count). The van der Waals surface area contributed by atoms with Crippen LogP contribution in [0.5, 0.6) is 0 Å². The number of esters is 1. The van der Waals surface area contributed by atoms with Gasteiger partial charge in [-0.3, -0.25) is 14.0 Å². The Morgan fingerprint density at radius 1 is 1.26 bits per heavy atom. The predicted octanol–water partition coefficient (Wildman–Crippen LogP) is 2.97. The number of ether oxygens (including phenoxy) is 1. The van der Waals surface area contributed by atoms with Crippen molar-refractivity contribution in [2.75, 3.05) is 5.32 Å². The fourth-order valence-corrected chi connectivity index (χ4v) is 2.76. The van der Waals surface area contributed by atoms with Crippen LogP contribution >= 0.6 is 11.6 Å². The van der Waals surface area contributed by atoms with Gasteiger partial charge in [-0.25, -0.2) is 9.78 Å². The van der Waals surface area contributed by atoms with E-state index in [0.29, 0.717) is 22.1 Å². The third-order valence-electron chi connectivity index (χ3n) is 3.82. The molecule has 138 valence electrons. The molecule has 1 N–H and O–H groups in total.